The van der Waals surface area contributed by atoms with E-state index in [9.17, 15) is 27.2 Å². The maximum atomic E-state index is 13.8. The molecule has 122 valence electrons. The van der Waals surface area contributed by atoms with Gasteiger partial charge in [0.2, 0.25) is 12.1 Å². The van der Waals surface area contributed by atoms with E-state index >= 15 is 0 Å². The number of hydrogen-bond acceptors (Lipinski definition) is 3. The fourth-order valence-electron chi connectivity index (χ4n) is 1.51. The van der Waals surface area contributed by atoms with Crippen LogP contribution >= 0.6 is 0 Å². The summed E-state index contributed by atoms with van der Waals surface area (Å²) in [5.74, 6) is -1.76. The molecule has 1 rings (SSSR count). The number of nitrogens with one attached hydrogen (secondary N) is 2. The third kappa shape index (κ3) is 5.32. The maximum absolute atomic E-state index is 13.8. The average molecular weight is 322 g/mol. The smallest absolute Gasteiger partial charge is 0.395 e. The van der Waals surface area contributed by atoms with Gasteiger partial charge in [0.25, 0.3) is 5.91 Å². The van der Waals surface area contributed by atoms with Crippen LogP contribution in [-0.4, -0.2) is 36.6 Å². The van der Waals surface area contributed by atoms with E-state index in [1.54, 1.807) is 0 Å². The minimum Gasteiger partial charge on any atom is -0.395 e. The summed E-state index contributed by atoms with van der Waals surface area (Å²) in [7, 11) is 0. The van der Waals surface area contributed by atoms with E-state index in [-0.39, 0.29) is 18.7 Å². The standard InChI is InChI=1S/C13H14F4N2O3/c14-11(12(22)19-7-10(21)18-5-6-20)8-1-3-9(4-2-8)13(15,16)17/h1-4,11,20H,5-7H2,(H,18,21)(H,19,22)/t11-/m0/s1. The van der Waals surface area contributed by atoms with E-state index in [1.165, 1.54) is 0 Å². The summed E-state index contributed by atoms with van der Waals surface area (Å²) in [5, 5.41) is 12.7. The highest BCUT2D eigenvalue weighted by molar-refractivity contribution is 5.87. The van der Waals surface area contributed by atoms with Crippen LogP contribution in [0.15, 0.2) is 24.3 Å². The van der Waals surface area contributed by atoms with E-state index in [4.69, 9.17) is 5.11 Å². The van der Waals surface area contributed by atoms with Crippen LogP contribution in [0.25, 0.3) is 0 Å². The highest BCUT2D eigenvalue weighted by atomic mass is 19.4. The number of alkyl halides is 4. The number of benzene rings is 1. The number of carbonyl (C=O) groups excluding carboxylic acids is 2. The molecule has 1 aromatic rings. The fraction of sp³-hybridized carbons (Fsp3) is 0.385. The van der Waals surface area contributed by atoms with Gasteiger partial charge in [-0.3, -0.25) is 9.59 Å². The molecular formula is C13H14F4N2O3. The lowest BCUT2D eigenvalue weighted by molar-refractivity contribution is -0.137. The minimum atomic E-state index is -4.54. The van der Waals surface area contributed by atoms with E-state index < -0.39 is 36.3 Å². The van der Waals surface area contributed by atoms with E-state index in [2.05, 4.69) is 5.32 Å². The molecule has 0 unspecified atom stereocenters. The van der Waals surface area contributed by atoms with Crippen molar-refractivity contribution >= 4 is 11.8 Å². The largest absolute Gasteiger partial charge is 0.416 e. The van der Waals surface area contributed by atoms with Crippen LogP contribution in [0.2, 0.25) is 0 Å². The summed E-state index contributed by atoms with van der Waals surface area (Å²) in [5.41, 5.74) is -1.20. The lowest BCUT2D eigenvalue weighted by atomic mass is 10.1. The molecule has 0 fully saturated rings. The number of hydrogen-bond donors (Lipinski definition) is 3. The molecule has 0 heterocycles. The van der Waals surface area contributed by atoms with Crippen molar-refractivity contribution in [1.82, 2.24) is 10.6 Å². The quantitative estimate of drug-likeness (QED) is 0.682. The second-order valence-electron chi connectivity index (χ2n) is 4.27. The van der Waals surface area contributed by atoms with Crippen molar-refractivity contribution in [2.45, 2.75) is 12.3 Å². The minimum absolute atomic E-state index is 0.00728. The topological polar surface area (TPSA) is 78.4 Å². The summed E-state index contributed by atoms with van der Waals surface area (Å²) in [6, 6.07) is 3.06. The number of carbonyl (C=O) groups is 2. The molecule has 0 saturated heterocycles. The normalized spacial score (nSPS) is 12.6. The van der Waals surface area contributed by atoms with E-state index in [1.807, 2.05) is 5.32 Å². The zero-order valence-electron chi connectivity index (χ0n) is 11.3. The van der Waals surface area contributed by atoms with Gasteiger partial charge in [0.15, 0.2) is 0 Å². The lowest BCUT2D eigenvalue weighted by Crippen LogP contribution is -2.39. The van der Waals surface area contributed by atoms with Gasteiger partial charge in [-0.2, -0.15) is 13.2 Å². The Bertz CT molecular complexity index is 517. The first kappa shape index (κ1) is 17.9. The molecule has 0 aliphatic carbocycles. The molecule has 22 heavy (non-hydrogen) atoms. The van der Waals surface area contributed by atoms with Crippen LogP contribution in [0, 0.1) is 0 Å². The van der Waals surface area contributed by atoms with Gasteiger partial charge in [-0.25, -0.2) is 4.39 Å². The number of halogens is 4. The van der Waals surface area contributed by atoms with Crippen LogP contribution in [0.1, 0.15) is 17.3 Å². The second-order valence-corrected chi connectivity index (χ2v) is 4.27. The molecule has 0 saturated carbocycles. The maximum Gasteiger partial charge on any atom is 0.416 e. The lowest BCUT2D eigenvalue weighted by Gasteiger charge is -2.11. The molecule has 0 radical (unpaired) electrons. The van der Waals surface area contributed by atoms with Crippen molar-refractivity contribution in [3.8, 4) is 0 Å². The first-order valence-electron chi connectivity index (χ1n) is 6.22. The Morgan fingerprint density at radius 1 is 1.14 bits per heavy atom. The summed E-state index contributed by atoms with van der Waals surface area (Å²) in [4.78, 5) is 22.6. The molecule has 5 nitrogen and oxygen atoms in total. The molecule has 0 spiro atoms. The van der Waals surface area contributed by atoms with Gasteiger partial charge < -0.3 is 15.7 Å². The molecule has 3 N–H and O–H groups in total. The summed E-state index contributed by atoms with van der Waals surface area (Å²) < 4.78 is 50.9. The number of rotatable bonds is 6. The average Bonchev–Trinajstić information content (AvgIpc) is 2.49. The molecule has 0 aliphatic rings. The Kier molecular flexibility index (Phi) is 6.29. The first-order chi connectivity index (χ1) is 10.3. The predicted molar refractivity (Wildman–Crippen MR) is 68.4 cm³/mol. The predicted octanol–water partition coefficient (Wildman–Crippen LogP) is 0.941. The SMILES string of the molecule is O=C(CNC(=O)[C@@H](F)c1ccc(C(F)(F)F)cc1)NCCO. The second kappa shape index (κ2) is 7.74. The Morgan fingerprint density at radius 3 is 2.23 bits per heavy atom. The molecule has 9 heteroatoms. The van der Waals surface area contributed by atoms with Crippen molar-refractivity contribution in [2.75, 3.05) is 19.7 Å². The van der Waals surface area contributed by atoms with Crippen LogP contribution in [-0.2, 0) is 15.8 Å². The highest BCUT2D eigenvalue weighted by Gasteiger charge is 2.30. The Balaban J connectivity index is 2.58. The highest BCUT2D eigenvalue weighted by Crippen LogP contribution is 2.30. The number of aliphatic hydroxyl groups excluding tert-OH is 1. The molecular weight excluding hydrogens is 308 g/mol. The van der Waals surface area contributed by atoms with Gasteiger partial charge in [0.05, 0.1) is 18.7 Å². The summed E-state index contributed by atoms with van der Waals surface area (Å²) >= 11 is 0. The summed E-state index contributed by atoms with van der Waals surface area (Å²) in [6.45, 7) is -0.788. The van der Waals surface area contributed by atoms with Gasteiger partial charge in [-0.15, -0.1) is 0 Å². The number of aliphatic hydroxyl groups is 1. The summed E-state index contributed by atoms with van der Waals surface area (Å²) in [6.07, 6.45) is -6.73. The van der Waals surface area contributed by atoms with Crippen LogP contribution in [0.3, 0.4) is 0 Å². The molecule has 0 aromatic heterocycles. The van der Waals surface area contributed by atoms with Gasteiger partial charge in [0.1, 0.15) is 0 Å². The van der Waals surface area contributed by atoms with Crippen molar-refractivity contribution in [2.24, 2.45) is 0 Å². The zero-order chi connectivity index (χ0) is 16.8. The Morgan fingerprint density at radius 2 is 1.73 bits per heavy atom. The van der Waals surface area contributed by atoms with Crippen molar-refractivity contribution in [3.63, 3.8) is 0 Å². The first-order valence-corrected chi connectivity index (χ1v) is 6.22. The Labute approximate surface area is 123 Å². The van der Waals surface area contributed by atoms with Crippen LogP contribution in [0.5, 0.6) is 0 Å². The van der Waals surface area contributed by atoms with Crippen molar-refractivity contribution < 1.29 is 32.3 Å². The van der Waals surface area contributed by atoms with Crippen LogP contribution in [0.4, 0.5) is 17.6 Å². The third-order valence-electron chi connectivity index (χ3n) is 2.62. The molecule has 1 aromatic carbocycles. The van der Waals surface area contributed by atoms with E-state index in [0.29, 0.717) is 12.1 Å². The zero-order valence-corrected chi connectivity index (χ0v) is 11.3. The van der Waals surface area contributed by atoms with Crippen LogP contribution < -0.4 is 10.6 Å². The molecule has 0 bridgehead atoms. The fourth-order valence-corrected chi connectivity index (χ4v) is 1.51. The van der Waals surface area contributed by atoms with E-state index in [0.717, 1.165) is 12.1 Å². The van der Waals surface area contributed by atoms with Gasteiger partial charge in [0, 0.05) is 6.54 Å². The molecule has 0 aliphatic heterocycles. The monoisotopic (exact) mass is 322 g/mol. The molecule has 1 atom stereocenters. The Hall–Kier alpha value is -2.16. The number of amides is 2. The van der Waals surface area contributed by atoms with Gasteiger partial charge in [-0.05, 0) is 17.7 Å². The third-order valence-corrected chi connectivity index (χ3v) is 2.62. The van der Waals surface area contributed by atoms with Crippen molar-refractivity contribution in [3.05, 3.63) is 35.4 Å². The van der Waals surface area contributed by atoms with Gasteiger partial charge >= 0.3 is 6.18 Å². The molecule has 2 amide bonds. The van der Waals surface area contributed by atoms with Crippen molar-refractivity contribution in [1.29, 1.82) is 0 Å². The van der Waals surface area contributed by atoms with Gasteiger partial charge in [-0.1, -0.05) is 12.1 Å².